The quantitative estimate of drug-likeness (QED) is 0.457. The highest BCUT2D eigenvalue weighted by Crippen LogP contribution is 2.39. The highest BCUT2D eigenvalue weighted by molar-refractivity contribution is 7.81. The molecule has 1 aliphatic rings. The number of benzene rings is 2. The molecule has 0 radical (unpaired) electrons. The maximum Gasteiger partial charge on any atom is 0.259 e. The Morgan fingerprint density at radius 3 is 2.41 bits per heavy atom. The summed E-state index contributed by atoms with van der Waals surface area (Å²) in [5.41, 5.74) is 0.128. The highest BCUT2D eigenvalue weighted by atomic mass is 35.5. The van der Waals surface area contributed by atoms with E-state index in [4.69, 9.17) is 35.1 Å². The van der Waals surface area contributed by atoms with Gasteiger partial charge in [0.25, 0.3) is 5.91 Å². The fourth-order valence-corrected chi connectivity index (χ4v) is 3.90. The van der Waals surface area contributed by atoms with E-state index < -0.39 is 11.4 Å². The van der Waals surface area contributed by atoms with E-state index in [9.17, 15) is 9.18 Å². The minimum absolute atomic E-state index is 0.136. The molecule has 1 heterocycles. The smallest absolute Gasteiger partial charge is 0.259 e. The van der Waals surface area contributed by atoms with E-state index in [0.29, 0.717) is 11.4 Å². The molecule has 1 fully saturated rings. The maximum atomic E-state index is 14.6. The SMILES string of the molecule is [C-]#[N+]c1ccc(N2C(=O)C(C)(C)N(c3ccc(OC(C)C)c(F)c3)C2=S)cc1Cl. The van der Waals surface area contributed by atoms with Crippen molar-refractivity contribution in [3.05, 3.63) is 58.7 Å². The number of carbonyl (C=O) groups is 1. The lowest BCUT2D eigenvalue weighted by Gasteiger charge is -2.29. The number of rotatable bonds is 4. The molecule has 1 saturated heterocycles. The van der Waals surface area contributed by atoms with Crippen LogP contribution in [0.5, 0.6) is 5.75 Å². The molecule has 0 aromatic heterocycles. The molecule has 0 spiro atoms. The number of carbonyl (C=O) groups excluding carboxylic acids is 1. The van der Waals surface area contributed by atoms with Gasteiger partial charge in [0.1, 0.15) is 5.54 Å². The zero-order valence-electron chi connectivity index (χ0n) is 16.4. The van der Waals surface area contributed by atoms with Crippen LogP contribution in [0.15, 0.2) is 36.4 Å². The van der Waals surface area contributed by atoms with E-state index in [-0.39, 0.29) is 33.6 Å². The zero-order chi connectivity index (χ0) is 21.5. The van der Waals surface area contributed by atoms with Crippen molar-refractivity contribution in [3.63, 3.8) is 0 Å². The van der Waals surface area contributed by atoms with Crippen LogP contribution in [0.2, 0.25) is 5.02 Å². The first-order valence-electron chi connectivity index (χ1n) is 8.90. The molecule has 0 atom stereocenters. The summed E-state index contributed by atoms with van der Waals surface area (Å²) in [6.07, 6.45) is -0.167. The van der Waals surface area contributed by atoms with Gasteiger partial charge in [0.05, 0.1) is 18.4 Å². The van der Waals surface area contributed by atoms with Crippen molar-refractivity contribution in [3.8, 4) is 5.75 Å². The number of amides is 1. The Morgan fingerprint density at radius 2 is 1.86 bits per heavy atom. The first-order chi connectivity index (χ1) is 13.6. The number of halogens is 2. The van der Waals surface area contributed by atoms with Crippen molar-refractivity contribution in [2.45, 2.75) is 39.3 Å². The summed E-state index contributed by atoms with van der Waals surface area (Å²) in [6, 6.07) is 9.17. The number of thiocarbonyl (C=S) groups is 1. The molecule has 5 nitrogen and oxygen atoms in total. The number of hydrogen-bond acceptors (Lipinski definition) is 3. The van der Waals surface area contributed by atoms with Gasteiger partial charge in [-0.25, -0.2) is 9.24 Å². The second-order valence-corrected chi connectivity index (χ2v) is 8.12. The van der Waals surface area contributed by atoms with Crippen LogP contribution in [0, 0.1) is 12.4 Å². The van der Waals surface area contributed by atoms with Crippen LogP contribution in [0.3, 0.4) is 0 Å². The molecular formula is C21H19ClFN3O2S. The largest absolute Gasteiger partial charge is 0.488 e. The van der Waals surface area contributed by atoms with Crippen LogP contribution in [-0.2, 0) is 4.79 Å². The highest BCUT2D eigenvalue weighted by Gasteiger charge is 2.50. The van der Waals surface area contributed by atoms with Crippen LogP contribution in [0.4, 0.5) is 21.5 Å². The molecule has 2 aromatic rings. The zero-order valence-corrected chi connectivity index (χ0v) is 17.9. The van der Waals surface area contributed by atoms with Gasteiger partial charge < -0.3 is 9.64 Å². The molecule has 0 saturated carbocycles. The Labute approximate surface area is 179 Å². The van der Waals surface area contributed by atoms with Crippen LogP contribution in [0.25, 0.3) is 4.85 Å². The van der Waals surface area contributed by atoms with E-state index in [0.717, 1.165) is 0 Å². The van der Waals surface area contributed by atoms with E-state index in [1.165, 1.54) is 29.2 Å². The Balaban J connectivity index is 2.02. The number of anilines is 2. The first kappa shape index (κ1) is 21.0. The van der Waals surface area contributed by atoms with E-state index in [1.54, 1.807) is 30.9 Å². The number of nitrogens with zero attached hydrogens (tertiary/aromatic N) is 3. The average Bonchev–Trinajstić information content (AvgIpc) is 2.81. The molecule has 3 rings (SSSR count). The van der Waals surface area contributed by atoms with Gasteiger partial charge in [0.15, 0.2) is 16.7 Å². The second-order valence-electron chi connectivity index (χ2n) is 7.35. The monoisotopic (exact) mass is 431 g/mol. The lowest BCUT2D eigenvalue weighted by atomic mass is 10.0. The van der Waals surface area contributed by atoms with Gasteiger partial charge in [-0.3, -0.25) is 9.69 Å². The predicted octanol–water partition coefficient (Wildman–Crippen LogP) is 5.73. The summed E-state index contributed by atoms with van der Waals surface area (Å²) in [5, 5.41) is 0.425. The molecule has 0 unspecified atom stereocenters. The third-order valence-corrected chi connectivity index (χ3v) is 5.18. The van der Waals surface area contributed by atoms with E-state index >= 15 is 0 Å². The van der Waals surface area contributed by atoms with Gasteiger partial charge in [-0.1, -0.05) is 17.7 Å². The van der Waals surface area contributed by atoms with Gasteiger partial charge in [0.2, 0.25) is 5.69 Å². The lowest BCUT2D eigenvalue weighted by Crippen LogP contribution is -2.44. The second kappa shape index (κ2) is 7.62. The van der Waals surface area contributed by atoms with Crippen molar-refractivity contribution >= 4 is 51.9 Å². The molecule has 0 aliphatic carbocycles. The van der Waals surface area contributed by atoms with Crippen molar-refractivity contribution in [1.82, 2.24) is 0 Å². The molecule has 1 amide bonds. The topological polar surface area (TPSA) is 37.1 Å². The summed E-state index contributed by atoms with van der Waals surface area (Å²) >= 11 is 11.7. The van der Waals surface area contributed by atoms with Crippen molar-refractivity contribution in [1.29, 1.82) is 0 Å². The molecule has 8 heteroatoms. The summed E-state index contributed by atoms with van der Waals surface area (Å²) in [7, 11) is 0. The minimum atomic E-state index is -1.05. The summed E-state index contributed by atoms with van der Waals surface area (Å²) in [4.78, 5) is 19.4. The van der Waals surface area contributed by atoms with Gasteiger partial charge in [0, 0.05) is 16.8 Å². The Morgan fingerprint density at radius 1 is 1.21 bits per heavy atom. The number of hydrogen-bond donors (Lipinski definition) is 0. The first-order valence-corrected chi connectivity index (χ1v) is 9.68. The molecule has 0 N–H and O–H groups in total. The molecule has 150 valence electrons. The Hall–Kier alpha value is -2.69. The molecule has 29 heavy (non-hydrogen) atoms. The third kappa shape index (κ3) is 3.66. The normalized spacial score (nSPS) is 15.8. The average molecular weight is 432 g/mol. The van der Waals surface area contributed by atoms with Crippen molar-refractivity contribution in [2.75, 3.05) is 9.80 Å². The molecule has 0 bridgehead atoms. The van der Waals surface area contributed by atoms with E-state index in [1.807, 2.05) is 13.8 Å². The Bertz CT molecular complexity index is 1050. The van der Waals surface area contributed by atoms with Crippen LogP contribution >= 0.6 is 23.8 Å². The third-order valence-electron chi connectivity index (χ3n) is 4.51. The summed E-state index contributed by atoms with van der Waals surface area (Å²) in [5.74, 6) is -0.682. The standard InChI is InChI=1S/C21H19ClFN3O2S/c1-12(2)28-18-9-7-14(11-16(18)23)26-20(29)25(19(27)21(26,3)4)13-6-8-17(24-5)15(22)10-13/h6-12H,1-4H3. The van der Waals surface area contributed by atoms with Gasteiger partial charge >= 0.3 is 0 Å². The molecule has 2 aromatic carbocycles. The fourth-order valence-electron chi connectivity index (χ4n) is 3.16. The maximum absolute atomic E-state index is 14.6. The fraction of sp³-hybridized carbons (Fsp3) is 0.286. The van der Waals surface area contributed by atoms with Crippen molar-refractivity contribution < 1.29 is 13.9 Å². The van der Waals surface area contributed by atoms with Crippen LogP contribution in [-0.4, -0.2) is 22.7 Å². The molecular weight excluding hydrogens is 413 g/mol. The van der Waals surface area contributed by atoms with Crippen LogP contribution < -0.4 is 14.5 Å². The van der Waals surface area contributed by atoms with Gasteiger partial charge in [-0.05, 0) is 64.2 Å². The van der Waals surface area contributed by atoms with Gasteiger partial charge in [-0.15, -0.1) is 0 Å². The lowest BCUT2D eigenvalue weighted by molar-refractivity contribution is -0.120. The summed E-state index contributed by atoms with van der Waals surface area (Å²) in [6.45, 7) is 14.2. The number of ether oxygens (including phenoxy) is 1. The Kier molecular flexibility index (Phi) is 5.52. The van der Waals surface area contributed by atoms with Crippen molar-refractivity contribution in [2.24, 2.45) is 0 Å². The minimum Gasteiger partial charge on any atom is -0.488 e. The summed E-state index contributed by atoms with van der Waals surface area (Å²) < 4.78 is 20.0. The predicted molar refractivity (Wildman–Crippen MR) is 117 cm³/mol. The van der Waals surface area contributed by atoms with E-state index in [2.05, 4.69) is 4.85 Å². The molecule has 1 aliphatic heterocycles. The van der Waals surface area contributed by atoms with Crippen LogP contribution in [0.1, 0.15) is 27.7 Å². The van der Waals surface area contributed by atoms with Gasteiger partial charge in [-0.2, -0.15) is 0 Å².